The predicted octanol–water partition coefficient (Wildman–Crippen LogP) is 3.31. The molecule has 3 atom stereocenters. The van der Waals surface area contributed by atoms with E-state index >= 15 is 0 Å². The maximum absolute atomic E-state index is 12.8. The van der Waals surface area contributed by atoms with E-state index in [9.17, 15) is 14.7 Å². The van der Waals surface area contributed by atoms with Gasteiger partial charge in [-0.15, -0.1) is 0 Å². The molecular formula is C19H25NO3. The van der Waals surface area contributed by atoms with Crippen molar-refractivity contribution < 1.29 is 14.7 Å². The van der Waals surface area contributed by atoms with Crippen LogP contribution in [0.5, 0.6) is 0 Å². The normalized spacial score (nSPS) is 27.1. The molecule has 3 rings (SSSR count). The molecule has 1 aliphatic carbocycles. The first-order chi connectivity index (χ1) is 10.8. The number of carbonyl (C=O) groups excluding carboxylic acids is 1. The van der Waals surface area contributed by atoms with Gasteiger partial charge in [0, 0.05) is 12.1 Å². The van der Waals surface area contributed by atoms with E-state index in [-0.39, 0.29) is 17.2 Å². The number of hydrogen-bond donors (Lipinski definition) is 1. The summed E-state index contributed by atoms with van der Waals surface area (Å²) in [7, 11) is 0. The first-order valence-electron chi connectivity index (χ1n) is 8.43. The molecule has 1 amide bonds. The van der Waals surface area contributed by atoms with Crippen molar-refractivity contribution in [1.82, 2.24) is 4.90 Å². The topological polar surface area (TPSA) is 57.6 Å². The summed E-state index contributed by atoms with van der Waals surface area (Å²) >= 11 is 0. The number of nitrogens with zero attached hydrogens (tertiary/aromatic N) is 1. The van der Waals surface area contributed by atoms with Crippen molar-refractivity contribution in [2.45, 2.75) is 51.5 Å². The summed E-state index contributed by atoms with van der Waals surface area (Å²) in [6, 6.07) is 6.95. The summed E-state index contributed by atoms with van der Waals surface area (Å²) in [6.07, 6.45) is 3.05. The van der Waals surface area contributed by atoms with Gasteiger partial charge in [-0.1, -0.05) is 39.3 Å². The lowest BCUT2D eigenvalue weighted by atomic mass is 9.86. The van der Waals surface area contributed by atoms with Crippen molar-refractivity contribution in [3.8, 4) is 0 Å². The summed E-state index contributed by atoms with van der Waals surface area (Å²) < 4.78 is 0. The van der Waals surface area contributed by atoms with Crippen molar-refractivity contribution >= 4 is 11.9 Å². The molecule has 3 unspecified atom stereocenters. The third kappa shape index (κ3) is 2.87. The van der Waals surface area contributed by atoms with Gasteiger partial charge in [0.1, 0.15) is 6.04 Å². The van der Waals surface area contributed by atoms with Crippen molar-refractivity contribution in [3.05, 3.63) is 35.4 Å². The van der Waals surface area contributed by atoms with Gasteiger partial charge >= 0.3 is 5.97 Å². The van der Waals surface area contributed by atoms with E-state index in [2.05, 4.69) is 20.8 Å². The molecule has 0 radical (unpaired) electrons. The zero-order valence-electron chi connectivity index (χ0n) is 14.1. The Morgan fingerprint density at radius 3 is 2.35 bits per heavy atom. The van der Waals surface area contributed by atoms with Gasteiger partial charge < -0.3 is 10.0 Å². The molecule has 1 saturated heterocycles. The average Bonchev–Trinajstić information content (AvgIpc) is 3.05. The van der Waals surface area contributed by atoms with Gasteiger partial charge in [0.25, 0.3) is 5.91 Å². The number of carboxylic acids is 1. The van der Waals surface area contributed by atoms with Crippen LogP contribution < -0.4 is 0 Å². The first kappa shape index (κ1) is 16.0. The summed E-state index contributed by atoms with van der Waals surface area (Å²) in [5, 5.41) is 9.58. The number of aliphatic carboxylic acids is 1. The van der Waals surface area contributed by atoms with Gasteiger partial charge in [0.15, 0.2) is 0 Å². The molecule has 1 aromatic carbocycles. The van der Waals surface area contributed by atoms with Crippen LogP contribution in [0, 0.1) is 11.8 Å². The van der Waals surface area contributed by atoms with Crippen molar-refractivity contribution in [3.63, 3.8) is 0 Å². The fourth-order valence-electron chi connectivity index (χ4n) is 4.11. The van der Waals surface area contributed by atoms with E-state index in [1.807, 2.05) is 24.3 Å². The van der Waals surface area contributed by atoms with Gasteiger partial charge in [0.2, 0.25) is 0 Å². The highest BCUT2D eigenvalue weighted by atomic mass is 16.4. The minimum absolute atomic E-state index is 0.0375. The van der Waals surface area contributed by atoms with E-state index in [1.54, 1.807) is 4.90 Å². The molecule has 1 N–H and O–H groups in total. The van der Waals surface area contributed by atoms with Crippen LogP contribution in [-0.2, 0) is 10.2 Å². The second-order valence-corrected chi connectivity index (χ2v) is 7.92. The minimum Gasteiger partial charge on any atom is -0.480 e. The Balaban J connectivity index is 1.83. The van der Waals surface area contributed by atoms with Crippen molar-refractivity contribution in [1.29, 1.82) is 0 Å². The van der Waals surface area contributed by atoms with E-state index in [0.717, 1.165) is 19.3 Å². The number of carboxylic acid groups (broad SMARTS) is 1. The Bertz CT molecular complexity index is 614. The Labute approximate surface area is 137 Å². The molecule has 23 heavy (non-hydrogen) atoms. The van der Waals surface area contributed by atoms with E-state index < -0.39 is 12.0 Å². The third-order valence-corrected chi connectivity index (χ3v) is 5.40. The average molecular weight is 315 g/mol. The van der Waals surface area contributed by atoms with Gasteiger partial charge in [-0.2, -0.15) is 0 Å². The number of fused-ring (bicyclic) bond motifs is 1. The summed E-state index contributed by atoms with van der Waals surface area (Å²) in [5.41, 5.74) is 1.79. The largest absolute Gasteiger partial charge is 0.480 e. The lowest BCUT2D eigenvalue weighted by Crippen LogP contribution is -2.43. The zero-order chi connectivity index (χ0) is 16.8. The second kappa shape index (κ2) is 5.66. The van der Waals surface area contributed by atoms with Crippen LogP contribution in [0.1, 0.15) is 56.0 Å². The molecule has 4 nitrogen and oxygen atoms in total. The molecule has 0 aromatic heterocycles. The fraction of sp³-hybridized carbons (Fsp3) is 0.579. The number of likely N-dealkylation sites (tertiary alicyclic amines) is 1. The number of benzene rings is 1. The molecule has 2 fully saturated rings. The highest BCUT2D eigenvalue weighted by Gasteiger charge is 2.49. The molecule has 1 aliphatic heterocycles. The molecule has 0 spiro atoms. The predicted molar refractivity (Wildman–Crippen MR) is 88.4 cm³/mol. The lowest BCUT2D eigenvalue weighted by Gasteiger charge is -2.25. The minimum atomic E-state index is -0.862. The highest BCUT2D eigenvalue weighted by Crippen LogP contribution is 2.42. The molecule has 2 aliphatic rings. The second-order valence-electron chi connectivity index (χ2n) is 7.92. The van der Waals surface area contributed by atoms with Crippen LogP contribution in [0.2, 0.25) is 0 Å². The summed E-state index contributed by atoms with van der Waals surface area (Å²) in [5.74, 6) is -0.523. The number of rotatable bonds is 2. The van der Waals surface area contributed by atoms with Gasteiger partial charge in [-0.25, -0.2) is 4.79 Å². The van der Waals surface area contributed by atoms with E-state index in [0.29, 0.717) is 18.0 Å². The molecule has 1 saturated carbocycles. The summed E-state index contributed by atoms with van der Waals surface area (Å²) in [6.45, 7) is 6.98. The molecular weight excluding hydrogens is 290 g/mol. The Morgan fingerprint density at radius 1 is 1.13 bits per heavy atom. The lowest BCUT2D eigenvalue weighted by molar-refractivity contribution is -0.142. The quantitative estimate of drug-likeness (QED) is 0.911. The fourth-order valence-corrected chi connectivity index (χ4v) is 4.11. The van der Waals surface area contributed by atoms with Gasteiger partial charge in [0.05, 0.1) is 0 Å². The SMILES string of the molecule is CC(C)(C)c1ccc(C(=O)N2CC3CCCC3C2C(=O)O)cc1. The van der Waals surface area contributed by atoms with Crippen molar-refractivity contribution in [2.75, 3.05) is 6.54 Å². The monoisotopic (exact) mass is 315 g/mol. The molecule has 0 bridgehead atoms. The third-order valence-electron chi connectivity index (χ3n) is 5.40. The van der Waals surface area contributed by atoms with E-state index in [1.165, 1.54) is 5.56 Å². The van der Waals surface area contributed by atoms with Crippen LogP contribution in [0.25, 0.3) is 0 Å². The van der Waals surface area contributed by atoms with Crippen LogP contribution in [0.3, 0.4) is 0 Å². The highest BCUT2D eigenvalue weighted by molar-refractivity contribution is 5.97. The number of hydrogen-bond acceptors (Lipinski definition) is 2. The zero-order valence-corrected chi connectivity index (χ0v) is 14.1. The first-order valence-corrected chi connectivity index (χ1v) is 8.43. The maximum atomic E-state index is 12.8. The standard InChI is InChI=1S/C19H25NO3/c1-19(2,3)14-9-7-12(8-10-14)17(21)20-11-13-5-4-6-15(13)16(20)18(22)23/h7-10,13,15-16H,4-6,11H2,1-3H3,(H,22,23). The van der Waals surface area contributed by atoms with Crippen LogP contribution >= 0.6 is 0 Å². The number of amides is 1. The smallest absolute Gasteiger partial charge is 0.326 e. The summed E-state index contributed by atoms with van der Waals surface area (Å²) in [4.78, 5) is 26.1. The van der Waals surface area contributed by atoms with Gasteiger partial charge in [-0.3, -0.25) is 4.79 Å². The van der Waals surface area contributed by atoms with Crippen molar-refractivity contribution in [2.24, 2.45) is 11.8 Å². The molecule has 1 aromatic rings. The molecule has 124 valence electrons. The number of carbonyl (C=O) groups is 2. The molecule has 4 heteroatoms. The van der Waals surface area contributed by atoms with Crippen LogP contribution in [-0.4, -0.2) is 34.5 Å². The van der Waals surface area contributed by atoms with E-state index in [4.69, 9.17) is 0 Å². The Kier molecular flexibility index (Phi) is 3.95. The van der Waals surface area contributed by atoms with Gasteiger partial charge in [-0.05, 0) is 47.8 Å². The Morgan fingerprint density at radius 2 is 1.78 bits per heavy atom. The Hall–Kier alpha value is -1.84. The van der Waals surface area contributed by atoms with Crippen LogP contribution in [0.15, 0.2) is 24.3 Å². The molecule has 1 heterocycles. The van der Waals surface area contributed by atoms with Crippen LogP contribution in [0.4, 0.5) is 0 Å². The maximum Gasteiger partial charge on any atom is 0.326 e.